The summed E-state index contributed by atoms with van der Waals surface area (Å²) >= 11 is 5.89. The Labute approximate surface area is 136 Å². The molecule has 2 rings (SSSR count). The summed E-state index contributed by atoms with van der Waals surface area (Å²) in [5.74, 6) is -0.206. The Morgan fingerprint density at radius 2 is 1.91 bits per heavy atom. The molecule has 0 radical (unpaired) electrons. The second-order valence-electron chi connectivity index (χ2n) is 5.42. The molecule has 1 aliphatic heterocycles. The van der Waals surface area contributed by atoms with Gasteiger partial charge in [0.2, 0.25) is 15.9 Å². The number of amides is 1. The number of aryl methyl sites for hydroxylation is 1. The summed E-state index contributed by atoms with van der Waals surface area (Å²) in [7, 11) is -1.72. The van der Waals surface area contributed by atoms with Crippen LogP contribution in [0.2, 0.25) is 5.02 Å². The molecule has 0 aromatic heterocycles. The number of carbonyl (C=O) groups excluding carboxylic acids is 1. The second kappa shape index (κ2) is 6.95. The zero-order valence-corrected chi connectivity index (χ0v) is 14.2. The van der Waals surface area contributed by atoms with E-state index in [4.69, 9.17) is 11.6 Å². The smallest absolute Gasteiger partial charge is 0.241 e. The van der Waals surface area contributed by atoms with Crippen molar-refractivity contribution in [3.63, 3.8) is 0 Å². The molecule has 0 saturated carbocycles. The number of halogens is 1. The molecule has 1 N–H and O–H groups in total. The van der Waals surface area contributed by atoms with Crippen LogP contribution in [0.25, 0.3) is 0 Å². The third-order valence-corrected chi connectivity index (χ3v) is 5.53. The van der Waals surface area contributed by atoms with Crippen LogP contribution in [0.1, 0.15) is 5.56 Å². The van der Waals surface area contributed by atoms with Gasteiger partial charge < -0.3 is 9.80 Å². The fourth-order valence-electron chi connectivity index (χ4n) is 2.19. The van der Waals surface area contributed by atoms with Gasteiger partial charge in [-0.05, 0) is 37.7 Å². The first kappa shape index (κ1) is 17.2. The Morgan fingerprint density at radius 1 is 1.27 bits per heavy atom. The largest absolute Gasteiger partial charge is 0.339 e. The summed E-state index contributed by atoms with van der Waals surface area (Å²) in [4.78, 5) is 16.0. The third kappa shape index (κ3) is 4.19. The summed E-state index contributed by atoms with van der Waals surface area (Å²) in [5, 5.41) is 0.507. The van der Waals surface area contributed by atoms with Gasteiger partial charge in [0.1, 0.15) is 0 Å². The van der Waals surface area contributed by atoms with Gasteiger partial charge in [0.05, 0.1) is 11.4 Å². The first-order valence-electron chi connectivity index (χ1n) is 7.02. The number of sulfonamides is 1. The molecule has 0 bridgehead atoms. The van der Waals surface area contributed by atoms with Crippen molar-refractivity contribution in [3.05, 3.63) is 28.8 Å². The average Bonchev–Trinajstić information content (AvgIpc) is 2.48. The zero-order chi connectivity index (χ0) is 16.3. The predicted octanol–water partition coefficient (Wildman–Crippen LogP) is 0.701. The molecule has 1 aliphatic rings. The highest BCUT2D eigenvalue weighted by molar-refractivity contribution is 7.89. The molecular weight excluding hydrogens is 326 g/mol. The molecule has 8 heteroatoms. The van der Waals surface area contributed by atoms with Gasteiger partial charge in [-0.2, -0.15) is 0 Å². The molecule has 6 nitrogen and oxygen atoms in total. The van der Waals surface area contributed by atoms with E-state index in [0.29, 0.717) is 23.7 Å². The number of carbonyl (C=O) groups is 1. The van der Waals surface area contributed by atoms with Crippen LogP contribution in [0, 0.1) is 6.92 Å². The monoisotopic (exact) mass is 345 g/mol. The van der Waals surface area contributed by atoms with Gasteiger partial charge in [-0.15, -0.1) is 0 Å². The highest BCUT2D eigenvalue weighted by Gasteiger charge is 2.21. The van der Waals surface area contributed by atoms with Crippen LogP contribution in [-0.2, 0) is 14.8 Å². The van der Waals surface area contributed by atoms with Gasteiger partial charge >= 0.3 is 0 Å². The van der Waals surface area contributed by atoms with E-state index in [1.807, 2.05) is 7.05 Å². The van der Waals surface area contributed by atoms with Gasteiger partial charge in [-0.1, -0.05) is 11.6 Å². The van der Waals surface area contributed by atoms with Crippen LogP contribution in [0.5, 0.6) is 0 Å². The zero-order valence-electron chi connectivity index (χ0n) is 12.7. The number of hydrogen-bond donors (Lipinski definition) is 1. The maximum Gasteiger partial charge on any atom is 0.241 e. The quantitative estimate of drug-likeness (QED) is 0.872. The number of piperazine rings is 1. The highest BCUT2D eigenvalue weighted by atomic mass is 35.5. The van der Waals surface area contributed by atoms with Crippen LogP contribution in [0.4, 0.5) is 0 Å². The van der Waals surface area contributed by atoms with E-state index in [0.717, 1.165) is 13.1 Å². The molecule has 0 spiro atoms. The van der Waals surface area contributed by atoms with Crippen LogP contribution in [0.3, 0.4) is 0 Å². The van der Waals surface area contributed by atoms with Crippen LogP contribution in [-0.4, -0.2) is 63.9 Å². The lowest BCUT2D eigenvalue weighted by Gasteiger charge is -2.32. The van der Waals surface area contributed by atoms with Crippen molar-refractivity contribution in [2.75, 3.05) is 39.8 Å². The summed E-state index contributed by atoms with van der Waals surface area (Å²) in [6.07, 6.45) is 0. The summed E-state index contributed by atoms with van der Waals surface area (Å²) < 4.78 is 26.8. The number of rotatable bonds is 4. The van der Waals surface area contributed by atoms with E-state index >= 15 is 0 Å². The minimum Gasteiger partial charge on any atom is -0.339 e. The summed E-state index contributed by atoms with van der Waals surface area (Å²) in [6.45, 7) is 4.35. The number of nitrogens with zero attached hydrogens (tertiary/aromatic N) is 2. The van der Waals surface area contributed by atoms with E-state index in [1.165, 1.54) is 18.2 Å². The average molecular weight is 346 g/mol. The van der Waals surface area contributed by atoms with Gasteiger partial charge in [-0.3, -0.25) is 4.79 Å². The molecule has 122 valence electrons. The van der Waals surface area contributed by atoms with Gasteiger partial charge in [0.15, 0.2) is 0 Å². The highest BCUT2D eigenvalue weighted by Crippen LogP contribution is 2.19. The molecule has 0 aliphatic carbocycles. The number of nitrogens with one attached hydrogen (secondary N) is 1. The minimum atomic E-state index is -3.71. The Kier molecular flexibility index (Phi) is 5.44. The number of likely N-dealkylation sites (N-methyl/N-ethyl adjacent to an activating group) is 1. The van der Waals surface area contributed by atoms with E-state index in [1.54, 1.807) is 11.8 Å². The van der Waals surface area contributed by atoms with Crippen LogP contribution < -0.4 is 4.72 Å². The third-order valence-electron chi connectivity index (χ3n) is 3.71. The maximum atomic E-state index is 12.2. The van der Waals surface area contributed by atoms with Crippen molar-refractivity contribution in [2.45, 2.75) is 11.8 Å². The number of benzene rings is 1. The Hall–Kier alpha value is -1.15. The fourth-order valence-corrected chi connectivity index (χ4v) is 3.37. The van der Waals surface area contributed by atoms with E-state index < -0.39 is 10.0 Å². The normalized spacial score (nSPS) is 16.8. The molecule has 1 saturated heterocycles. The van der Waals surface area contributed by atoms with Crippen molar-refractivity contribution < 1.29 is 13.2 Å². The first-order valence-corrected chi connectivity index (χ1v) is 8.88. The molecule has 0 atom stereocenters. The Bertz CT molecular complexity index is 655. The van der Waals surface area contributed by atoms with E-state index in [-0.39, 0.29) is 17.3 Å². The molecule has 1 heterocycles. The SMILES string of the molecule is Cc1cc(S(=O)(=O)NCC(=O)N2CCN(C)CC2)ccc1Cl. The van der Waals surface area contributed by atoms with Gasteiger partial charge in [0, 0.05) is 31.2 Å². The van der Waals surface area contributed by atoms with Crippen molar-refractivity contribution >= 4 is 27.5 Å². The van der Waals surface area contributed by atoms with Crippen LogP contribution in [0.15, 0.2) is 23.1 Å². The van der Waals surface area contributed by atoms with E-state index in [9.17, 15) is 13.2 Å². The molecule has 1 amide bonds. The second-order valence-corrected chi connectivity index (χ2v) is 7.59. The summed E-state index contributed by atoms with van der Waals surface area (Å²) in [6, 6.07) is 4.46. The fraction of sp³-hybridized carbons (Fsp3) is 0.500. The lowest BCUT2D eigenvalue weighted by molar-refractivity contribution is -0.131. The molecule has 1 fully saturated rings. The maximum absolute atomic E-state index is 12.2. The van der Waals surface area contributed by atoms with Crippen molar-refractivity contribution in [1.29, 1.82) is 0 Å². The lowest BCUT2D eigenvalue weighted by Crippen LogP contribution is -2.50. The first-order chi connectivity index (χ1) is 10.3. The van der Waals surface area contributed by atoms with Gasteiger partial charge in [-0.25, -0.2) is 13.1 Å². The Balaban J connectivity index is 1.97. The topological polar surface area (TPSA) is 69.7 Å². The van der Waals surface area contributed by atoms with Crippen LogP contribution >= 0.6 is 11.6 Å². The Morgan fingerprint density at radius 3 is 2.50 bits per heavy atom. The molecule has 1 aromatic rings. The number of hydrogen-bond acceptors (Lipinski definition) is 4. The van der Waals surface area contributed by atoms with Crippen molar-refractivity contribution in [3.8, 4) is 0 Å². The predicted molar refractivity (Wildman–Crippen MR) is 85.5 cm³/mol. The van der Waals surface area contributed by atoms with E-state index in [2.05, 4.69) is 9.62 Å². The standard InChI is InChI=1S/C14H20ClN3O3S/c1-11-9-12(3-4-13(11)15)22(20,21)16-10-14(19)18-7-5-17(2)6-8-18/h3-4,9,16H,5-8,10H2,1-2H3. The molecule has 0 unspecified atom stereocenters. The van der Waals surface area contributed by atoms with Crippen molar-refractivity contribution in [2.24, 2.45) is 0 Å². The lowest BCUT2D eigenvalue weighted by atomic mass is 10.2. The molecule has 1 aromatic carbocycles. The minimum absolute atomic E-state index is 0.112. The van der Waals surface area contributed by atoms with Crippen molar-refractivity contribution in [1.82, 2.24) is 14.5 Å². The summed E-state index contributed by atoms with van der Waals surface area (Å²) in [5.41, 5.74) is 0.676. The molecule has 22 heavy (non-hydrogen) atoms. The molecular formula is C14H20ClN3O3S. The van der Waals surface area contributed by atoms with Gasteiger partial charge in [0.25, 0.3) is 0 Å².